The molecule has 1 rings (SSSR count). The number of rotatable bonds is 7. The summed E-state index contributed by atoms with van der Waals surface area (Å²) in [5.74, 6) is -0.656. The van der Waals surface area contributed by atoms with Gasteiger partial charge in [-0.1, -0.05) is 0 Å². The topological polar surface area (TPSA) is 88.8 Å². The van der Waals surface area contributed by atoms with E-state index in [2.05, 4.69) is 10.1 Å². The van der Waals surface area contributed by atoms with Gasteiger partial charge in [-0.05, 0) is 19.1 Å². The second kappa shape index (κ2) is 6.70. The van der Waals surface area contributed by atoms with E-state index in [9.17, 15) is 9.59 Å². The minimum absolute atomic E-state index is 0.0953. The maximum atomic E-state index is 11.3. The lowest BCUT2D eigenvalue weighted by Gasteiger charge is -2.12. The van der Waals surface area contributed by atoms with Gasteiger partial charge >= 0.3 is 5.97 Å². The minimum atomic E-state index is -1.10. The van der Waals surface area contributed by atoms with E-state index < -0.39 is 12.6 Å². The van der Waals surface area contributed by atoms with E-state index in [1.807, 2.05) is 13.0 Å². The maximum absolute atomic E-state index is 11.3. The molecule has 0 fully saturated rings. The number of amides is 1. The van der Waals surface area contributed by atoms with Crippen LogP contribution in [0.4, 0.5) is 0 Å². The van der Waals surface area contributed by atoms with E-state index in [0.29, 0.717) is 6.42 Å². The van der Waals surface area contributed by atoms with E-state index >= 15 is 0 Å². The maximum Gasteiger partial charge on any atom is 0.329 e. The molecular formula is C11H15NO5. The number of carboxylic acid groups (broad SMARTS) is 1. The van der Waals surface area contributed by atoms with E-state index in [0.717, 1.165) is 5.76 Å². The molecule has 2 N–H and O–H groups in total. The Morgan fingerprint density at radius 2 is 2.29 bits per heavy atom. The summed E-state index contributed by atoms with van der Waals surface area (Å²) in [5.41, 5.74) is 0. The zero-order valence-corrected chi connectivity index (χ0v) is 9.51. The summed E-state index contributed by atoms with van der Waals surface area (Å²) in [4.78, 5) is 21.4. The zero-order chi connectivity index (χ0) is 12.7. The molecule has 0 saturated heterocycles. The molecule has 1 atom stereocenters. The Balaban J connectivity index is 2.19. The third-order valence-corrected chi connectivity index (χ3v) is 1.95. The van der Waals surface area contributed by atoms with Gasteiger partial charge in [-0.3, -0.25) is 4.79 Å². The number of hydrogen-bond donors (Lipinski definition) is 2. The zero-order valence-electron chi connectivity index (χ0n) is 9.51. The molecular weight excluding hydrogens is 226 g/mol. The van der Waals surface area contributed by atoms with Crippen molar-refractivity contribution in [3.8, 4) is 0 Å². The largest absolute Gasteiger partial charge is 0.480 e. The number of aliphatic carboxylic acids is 1. The van der Waals surface area contributed by atoms with Crippen molar-refractivity contribution in [3.63, 3.8) is 0 Å². The third-order valence-electron chi connectivity index (χ3n) is 1.95. The van der Waals surface area contributed by atoms with Crippen LogP contribution in [0.5, 0.6) is 0 Å². The first kappa shape index (κ1) is 13.2. The van der Waals surface area contributed by atoms with Gasteiger partial charge in [-0.2, -0.15) is 0 Å². The lowest BCUT2D eigenvalue weighted by molar-refractivity contribution is -0.143. The fourth-order valence-corrected chi connectivity index (χ4v) is 1.33. The first-order valence-electron chi connectivity index (χ1n) is 5.19. The summed E-state index contributed by atoms with van der Waals surface area (Å²) < 4.78 is 9.80. The second-order valence-electron chi connectivity index (χ2n) is 3.64. The summed E-state index contributed by atoms with van der Waals surface area (Å²) >= 11 is 0. The van der Waals surface area contributed by atoms with Crippen LogP contribution in [0.25, 0.3) is 0 Å². The number of carbonyl (C=O) groups is 2. The molecule has 94 valence electrons. The molecule has 0 bridgehead atoms. The minimum Gasteiger partial charge on any atom is -0.480 e. The highest BCUT2D eigenvalue weighted by atomic mass is 16.5. The Labute approximate surface area is 98.6 Å². The van der Waals surface area contributed by atoms with Crippen LogP contribution in [-0.2, 0) is 20.7 Å². The standard InChI is InChI=1S/C11H15NO5/c1-8(5-9-3-2-4-17-9)12-10(13)6-16-7-11(14)15/h2-4,8H,5-7H2,1H3,(H,12,13)(H,14,15). The van der Waals surface area contributed by atoms with Crippen LogP contribution in [-0.4, -0.2) is 36.2 Å². The van der Waals surface area contributed by atoms with Crippen LogP contribution >= 0.6 is 0 Å². The van der Waals surface area contributed by atoms with Crippen LogP contribution < -0.4 is 5.32 Å². The van der Waals surface area contributed by atoms with Gasteiger partial charge in [0.15, 0.2) is 0 Å². The number of ether oxygens (including phenoxy) is 1. The van der Waals surface area contributed by atoms with Crippen molar-refractivity contribution in [2.45, 2.75) is 19.4 Å². The van der Waals surface area contributed by atoms with Gasteiger partial charge in [0.2, 0.25) is 5.91 Å². The van der Waals surface area contributed by atoms with Gasteiger partial charge in [0, 0.05) is 12.5 Å². The van der Waals surface area contributed by atoms with Gasteiger partial charge in [-0.25, -0.2) is 4.79 Å². The second-order valence-corrected chi connectivity index (χ2v) is 3.64. The van der Waals surface area contributed by atoms with Gasteiger partial charge in [0.05, 0.1) is 6.26 Å². The third kappa shape index (κ3) is 5.72. The van der Waals surface area contributed by atoms with Gasteiger partial charge in [0.1, 0.15) is 19.0 Å². The summed E-state index contributed by atoms with van der Waals surface area (Å²) in [7, 11) is 0. The van der Waals surface area contributed by atoms with Gasteiger partial charge in [0.25, 0.3) is 0 Å². The molecule has 0 saturated carbocycles. The predicted octanol–water partition coefficient (Wildman–Crippen LogP) is 0.428. The summed E-state index contributed by atoms with van der Waals surface area (Å²) in [6, 6.07) is 3.51. The highest BCUT2D eigenvalue weighted by molar-refractivity contribution is 5.78. The number of furan rings is 1. The van der Waals surface area contributed by atoms with Crippen molar-refractivity contribution in [1.29, 1.82) is 0 Å². The molecule has 0 aromatic carbocycles. The molecule has 0 spiro atoms. The predicted molar refractivity (Wildman–Crippen MR) is 58.5 cm³/mol. The summed E-state index contributed by atoms with van der Waals surface area (Å²) in [6.45, 7) is 1.10. The lowest BCUT2D eigenvalue weighted by atomic mass is 10.2. The monoisotopic (exact) mass is 241 g/mol. The van der Waals surface area contributed by atoms with Gasteiger partial charge < -0.3 is 19.6 Å². The van der Waals surface area contributed by atoms with Crippen LogP contribution in [0.1, 0.15) is 12.7 Å². The van der Waals surface area contributed by atoms with E-state index in [4.69, 9.17) is 9.52 Å². The Morgan fingerprint density at radius 3 is 2.88 bits per heavy atom. The highest BCUT2D eigenvalue weighted by Gasteiger charge is 2.10. The van der Waals surface area contributed by atoms with E-state index in [1.165, 1.54) is 0 Å². The summed E-state index contributed by atoms with van der Waals surface area (Å²) in [6.07, 6.45) is 2.15. The Hall–Kier alpha value is -1.82. The molecule has 0 aliphatic carbocycles. The van der Waals surface area contributed by atoms with Crippen molar-refractivity contribution < 1.29 is 23.8 Å². The van der Waals surface area contributed by atoms with Crippen LogP contribution in [0.2, 0.25) is 0 Å². The molecule has 17 heavy (non-hydrogen) atoms. The van der Waals surface area contributed by atoms with Crippen molar-refractivity contribution in [2.75, 3.05) is 13.2 Å². The van der Waals surface area contributed by atoms with Crippen LogP contribution in [0.15, 0.2) is 22.8 Å². The Bertz CT molecular complexity index is 360. The van der Waals surface area contributed by atoms with Crippen LogP contribution in [0.3, 0.4) is 0 Å². The molecule has 6 heteroatoms. The fraction of sp³-hybridized carbons (Fsp3) is 0.455. The molecule has 0 radical (unpaired) electrons. The molecule has 1 amide bonds. The molecule has 6 nitrogen and oxygen atoms in total. The van der Waals surface area contributed by atoms with Crippen molar-refractivity contribution in [2.24, 2.45) is 0 Å². The molecule has 1 unspecified atom stereocenters. The smallest absolute Gasteiger partial charge is 0.329 e. The molecule has 1 heterocycles. The average molecular weight is 241 g/mol. The first-order chi connectivity index (χ1) is 8.08. The highest BCUT2D eigenvalue weighted by Crippen LogP contribution is 2.03. The Kier molecular flexibility index (Phi) is 5.22. The lowest BCUT2D eigenvalue weighted by Crippen LogP contribution is -2.36. The quantitative estimate of drug-likeness (QED) is 0.722. The average Bonchev–Trinajstić information content (AvgIpc) is 2.69. The number of nitrogens with one attached hydrogen (secondary N) is 1. The summed E-state index contributed by atoms with van der Waals surface area (Å²) in [5, 5.41) is 11.0. The SMILES string of the molecule is CC(Cc1ccco1)NC(=O)COCC(=O)O. The Morgan fingerprint density at radius 1 is 1.53 bits per heavy atom. The normalized spacial score (nSPS) is 12.1. The molecule has 1 aromatic heterocycles. The fourth-order valence-electron chi connectivity index (χ4n) is 1.33. The number of carboxylic acids is 1. The van der Waals surface area contributed by atoms with Crippen molar-refractivity contribution in [3.05, 3.63) is 24.2 Å². The van der Waals surface area contributed by atoms with Gasteiger partial charge in [-0.15, -0.1) is 0 Å². The van der Waals surface area contributed by atoms with Crippen molar-refractivity contribution in [1.82, 2.24) is 5.32 Å². The van der Waals surface area contributed by atoms with E-state index in [-0.39, 0.29) is 18.6 Å². The number of carbonyl (C=O) groups excluding carboxylic acids is 1. The van der Waals surface area contributed by atoms with Crippen LogP contribution in [0, 0.1) is 0 Å². The number of hydrogen-bond acceptors (Lipinski definition) is 4. The molecule has 1 aromatic rings. The van der Waals surface area contributed by atoms with E-state index in [1.54, 1.807) is 12.3 Å². The molecule has 0 aliphatic heterocycles. The van der Waals surface area contributed by atoms with Crippen molar-refractivity contribution >= 4 is 11.9 Å². The first-order valence-corrected chi connectivity index (χ1v) is 5.19. The molecule has 0 aliphatic rings.